The Kier molecular flexibility index (Phi) is 7.70. The highest BCUT2D eigenvalue weighted by Gasteiger charge is 2.34. The highest BCUT2D eigenvalue weighted by molar-refractivity contribution is 4.90. The molecule has 0 bridgehead atoms. The molecule has 1 aliphatic heterocycles. The summed E-state index contributed by atoms with van der Waals surface area (Å²) in [5, 5.41) is 0. The minimum atomic E-state index is 0.223. The zero-order valence-corrected chi connectivity index (χ0v) is 15.4. The topological polar surface area (TPSA) is 29.3 Å². The Bertz CT molecular complexity index is 282. The maximum atomic E-state index is 6.18. The molecule has 2 atom stereocenters. The molecule has 0 saturated carbocycles. The number of unbranched alkanes of at least 4 members (excludes halogenated alkanes) is 3. The largest absolute Gasteiger partial charge is 0.329 e. The number of hydrogen-bond acceptors (Lipinski definition) is 2. The van der Waals surface area contributed by atoms with Gasteiger partial charge in [-0.15, -0.1) is 0 Å². The third-order valence-electron chi connectivity index (χ3n) is 5.72. The average molecular weight is 297 g/mol. The molecule has 2 heteroatoms. The number of nitrogens with zero attached hydrogens (tertiary/aromatic N) is 1. The Morgan fingerprint density at radius 2 is 1.71 bits per heavy atom. The molecule has 0 spiro atoms. The van der Waals surface area contributed by atoms with Gasteiger partial charge in [-0.05, 0) is 57.0 Å². The fourth-order valence-corrected chi connectivity index (χ4v) is 3.82. The van der Waals surface area contributed by atoms with Crippen LogP contribution in [-0.2, 0) is 0 Å². The molecule has 1 saturated heterocycles. The highest BCUT2D eigenvalue weighted by atomic mass is 15.2. The molecule has 0 radical (unpaired) electrons. The summed E-state index contributed by atoms with van der Waals surface area (Å²) >= 11 is 0. The lowest BCUT2D eigenvalue weighted by atomic mass is 9.76. The zero-order valence-electron chi connectivity index (χ0n) is 15.4. The first-order valence-corrected chi connectivity index (χ1v) is 9.28. The molecule has 1 heterocycles. The van der Waals surface area contributed by atoms with Crippen LogP contribution in [0.25, 0.3) is 0 Å². The second kappa shape index (κ2) is 8.53. The van der Waals surface area contributed by atoms with Crippen molar-refractivity contribution in [3.05, 3.63) is 0 Å². The Hall–Kier alpha value is -0.0800. The lowest BCUT2D eigenvalue weighted by molar-refractivity contribution is 0.0976. The molecule has 1 fully saturated rings. The molecule has 1 aliphatic rings. The maximum Gasteiger partial charge on any atom is 0.0303 e. The van der Waals surface area contributed by atoms with E-state index in [1.165, 1.54) is 64.5 Å². The van der Waals surface area contributed by atoms with Crippen LogP contribution in [0.2, 0.25) is 0 Å². The van der Waals surface area contributed by atoms with Gasteiger partial charge in [-0.3, -0.25) is 4.90 Å². The monoisotopic (exact) mass is 296 g/mol. The maximum absolute atomic E-state index is 6.18. The summed E-state index contributed by atoms with van der Waals surface area (Å²) in [5.74, 6) is 0.865. The summed E-state index contributed by atoms with van der Waals surface area (Å²) in [6, 6.07) is 0. The van der Waals surface area contributed by atoms with Crippen LogP contribution < -0.4 is 5.73 Å². The average Bonchev–Trinajstić information content (AvgIpc) is 2.69. The second-order valence-electron chi connectivity index (χ2n) is 8.49. The van der Waals surface area contributed by atoms with Gasteiger partial charge in [0.05, 0.1) is 0 Å². The van der Waals surface area contributed by atoms with Crippen LogP contribution in [0.1, 0.15) is 86.0 Å². The molecule has 0 aliphatic carbocycles. The molecule has 2 unspecified atom stereocenters. The van der Waals surface area contributed by atoms with Crippen molar-refractivity contribution in [3.8, 4) is 0 Å². The van der Waals surface area contributed by atoms with Crippen molar-refractivity contribution in [2.75, 3.05) is 19.6 Å². The molecule has 2 N–H and O–H groups in total. The van der Waals surface area contributed by atoms with Crippen molar-refractivity contribution < 1.29 is 0 Å². The number of likely N-dealkylation sites (tertiary alicyclic amines) is 1. The van der Waals surface area contributed by atoms with E-state index >= 15 is 0 Å². The lowest BCUT2D eigenvalue weighted by Gasteiger charge is -2.41. The summed E-state index contributed by atoms with van der Waals surface area (Å²) in [6.07, 6.45) is 10.7. The first-order valence-electron chi connectivity index (χ1n) is 9.28. The Morgan fingerprint density at radius 3 is 2.29 bits per heavy atom. The van der Waals surface area contributed by atoms with Gasteiger partial charge in [-0.25, -0.2) is 0 Å². The molecular formula is C19H40N2. The SMILES string of the molecule is CCCCCCC(C)(CN)N1CCCC(C(C)(C)C)CC1. The number of nitrogens with two attached hydrogens (primary N) is 1. The van der Waals surface area contributed by atoms with Crippen LogP contribution in [0.4, 0.5) is 0 Å². The zero-order chi connectivity index (χ0) is 15.9. The van der Waals surface area contributed by atoms with Gasteiger partial charge in [-0.1, -0.05) is 53.4 Å². The van der Waals surface area contributed by atoms with Crippen LogP contribution in [0, 0.1) is 11.3 Å². The van der Waals surface area contributed by atoms with E-state index in [1.54, 1.807) is 0 Å². The predicted molar refractivity (Wildman–Crippen MR) is 94.6 cm³/mol. The fraction of sp³-hybridized carbons (Fsp3) is 1.00. The standard InChI is InChI=1S/C19H40N2/c1-6-7-8-9-13-19(5,16-20)21-14-10-11-17(12-15-21)18(2,3)4/h17H,6-16,20H2,1-5H3. The quantitative estimate of drug-likeness (QED) is 0.682. The van der Waals surface area contributed by atoms with Crippen molar-refractivity contribution >= 4 is 0 Å². The minimum absolute atomic E-state index is 0.223. The van der Waals surface area contributed by atoms with Gasteiger partial charge in [-0.2, -0.15) is 0 Å². The van der Waals surface area contributed by atoms with Crippen LogP contribution in [-0.4, -0.2) is 30.1 Å². The molecule has 0 aromatic rings. The van der Waals surface area contributed by atoms with Crippen LogP contribution in [0.15, 0.2) is 0 Å². The Balaban J connectivity index is 2.56. The third-order valence-corrected chi connectivity index (χ3v) is 5.72. The summed E-state index contributed by atoms with van der Waals surface area (Å²) in [7, 11) is 0. The van der Waals surface area contributed by atoms with Crippen molar-refractivity contribution in [1.82, 2.24) is 4.90 Å². The van der Waals surface area contributed by atoms with E-state index in [-0.39, 0.29) is 5.54 Å². The van der Waals surface area contributed by atoms with Crippen LogP contribution in [0.3, 0.4) is 0 Å². The van der Waals surface area contributed by atoms with Gasteiger partial charge in [0.15, 0.2) is 0 Å². The van der Waals surface area contributed by atoms with Crippen molar-refractivity contribution in [1.29, 1.82) is 0 Å². The molecule has 126 valence electrons. The normalized spacial score (nSPS) is 24.6. The predicted octanol–water partition coefficient (Wildman–Crippen LogP) is 4.82. The molecule has 0 aromatic heterocycles. The summed E-state index contributed by atoms with van der Waals surface area (Å²) < 4.78 is 0. The lowest BCUT2D eigenvalue weighted by Crippen LogP contribution is -2.52. The summed E-state index contributed by atoms with van der Waals surface area (Å²) in [4.78, 5) is 2.71. The van der Waals surface area contributed by atoms with E-state index in [1.807, 2.05) is 0 Å². The molecule has 0 aromatic carbocycles. The molecule has 21 heavy (non-hydrogen) atoms. The Morgan fingerprint density at radius 1 is 1.00 bits per heavy atom. The van der Waals surface area contributed by atoms with E-state index in [9.17, 15) is 0 Å². The van der Waals surface area contributed by atoms with Gasteiger partial charge in [0, 0.05) is 12.1 Å². The van der Waals surface area contributed by atoms with E-state index in [2.05, 4.69) is 39.5 Å². The van der Waals surface area contributed by atoms with Crippen LogP contribution in [0.5, 0.6) is 0 Å². The second-order valence-corrected chi connectivity index (χ2v) is 8.49. The summed E-state index contributed by atoms with van der Waals surface area (Å²) in [5.41, 5.74) is 6.86. The molecular weight excluding hydrogens is 256 g/mol. The van der Waals surface area contributed by atoms with E-state index in [0.29, 0.717) is 5.41 Å². The smallest absolute Gasteiger partial charge is 0.0303 e. The van der Waals surface area contributed by atoms with E-state index < -0.39 is 0 Å². The number of rotatable bonds is 7. The van der Waals surface area contributed by atoms with Crippen LogP contribution >= 0.6 is 0 Å². The molecule has 2 nitrogen and oxygen atoms in total. The summed E-state index contributed by atoms with van der Waals surface area (Å²) in [6.45, 7) is 15.2. The van der Waals surface area contributed by atoms with Crippen molar-refractivity contribution in [2.24, 2.45) is 17.1 Å². The van der Waals surface area contributed by atoms with E-state index in [0.717, 1.165) is 12.5 Å². The fourth-order valence-electron chi connectivity index (χ4n) is 3.82. The highest BCUT2D eigenvalue weighted by Crippen LogP contribution is 2.36. The minimum Gasteiger partial charge on any atom is -0.329 e. The third kappa shape index (κ3) is 5.90. The van der Waals surface area contributed by atoms with Gasteiger partial charge in [0.2, 0.25) is 0 Å². The van der Waals surface area contributed by atoms with Crippen molar-refractivity contribution in [3.63, 3.8) is 0 Å². The van der Waals surface area contributed by atoms with E-state index in [4.69, 9.17) is 5.73 Å². The van der Waals surface area contributed by atoms with Gasteiger partial charge in [0.1, 0.15) is 0 Å². The first-order chi connectivity index (χ1) is 9.83. The molecule has 1 rings (SSSR count). The van der Waals surface area contributed by atoms with Gasteiger partial charge >= 0.3 is 0 Å². The van der Waals surface area contributed by atoms with Gasteiger partial charge < -0.3 is 5.73 Å². The van der Waals surface area contributed by atoms with Crippen molar-refractivity contribution in [2.45, 2.75) is 91.5 Å². The number of hydrogen-bond donors (Lipinski definition) is 1. The molecule has 0 amide bonds. The van der Waals surface area contributed by atoms with Gasteiger partial charge in [0.25, 0.3) is 0 Å². The first kappa shape index (κ1) is 19.0. The Labute approximate surface area is 133 Å².